The van der Waals surface area contributed by atoms with Crippen LogP contribution in [0.5, 0.6) is 0 Å². The van der Waals surface area contributed by atoms with Gasteiger partial charge in [0.1, 0.15) is 0 Å². The van der Waals surface area contributed by atoms with Gasteiger partial charge in [0.15, 0.2) is 0 Å². The molecule has 2 N–H and O–H groups in total. The third-order valence-corrected chi connectivity index (χ3v) is 4.86. The monoisotopic (exact) mass is 244 g/mol. The molecule has 0 amide bonds. The summed E-state index contributed by atoms with van der Waals surface area (Å²) in [4.78, 5) is 2.69. The highest BCUT2D eigenvalue weighted by Gasteiger charge is 2.30. The number of nitrogens with two attached hydrogens (primary N) is 1. The first-order valence-corrected chi connectivity index (χ1v) is 7.30. The lowest BCUT2D eigenvalue weighted by Gasteiger charge is -2.37. The summed E-state index contributed by atoms with van der Waals surface area (Å²) in [6.45, 7) is 4.64. The van der Waals surface area contributed by atoms with Crippen molar-refractivity contribution in [1.82, 2.24) is 4.90 Å². The summed E-state index contributed by atoms with van der Waals surface area (Å²) in [5, 5.41) is 0. The van der Waals surface area contributed by atoms with Gasteiger partial charge in [-0.25, -0.2) is 0 Å². The number of nitrogens with zero attached hydrogens (tertiary/aromatic N) is 1. The molecule has 1 aromatic rings. The third-order valence-electron chi connectivity index (χ3n) is 4.86. The molecule has 0 spiro atoms. The second-order valence-corrected chi connectivity index (χ2v) is 6.06. The van der Waals surface area contributed by atoms with E-state index in [0.717, 1.165) is 12.0 Å². The normalized spacial score (nSPS) is 24.1. The molecule has 1 saturated heterocycles. The number of rotatable bonds is 2. The molecular weight excluding hydrogens is 220 g/mol. The van der Waals surface area contributed by atoms with Crippen LogP contribution < -0.4 is 5.73 Å². The number of piperidine rings is 1. The third kappa shape index (κ3) is 2.32. The van der Waals surface area contributed by atoms with E-state index in [9.17, 15) is 0 Å². The van der Waals surface area contributed by atoms with Crippen LogP contribution in [0.15, 0.2) is 24.3 Å². The molecule has 98 valence electrons. The van der Waals surface area contributed by atoms with Crippen LogP contribution in [-0.4, -0.2) is 30.1 Å². The fourth-order valence-electron chi connectivity index (χ4n) is 3.60. The number of likely N-dealkylation sites (tertiary alicyclic amines) is 1. The molecule has 0 aromatic heterocycles. The van der Waals surface area contributed by atoms with E-state index in [1.165, 1.54) is 38.8 Å². The molecule has 18 heavy (non-hydrogen) atoms. The maximum absolute atomic E-state index is 6.02. The Morgan fingerprint density at radius 2 is 1.67 bits per heavy atom. The van der Waals surface area contributed by atoms with Gasteiger partial charge in [0, 0.05) is 12.1 Å². The van der Waals surface area contributed by atoms with Crippen molar-refractivity contribution in [2.45, 2.75) is 44.7 Å². The van der Waals surface area contributed by atoms with Gasteiger partial charge >= 0.3 is 0 Å². The predicted molar refractivity (Wildman–Crippen MR) is 75.6 cm³/mol. The van der Waals surface area contributed by atoms with E-state index in [-0.39, 0.29) is 0 Å². The fourth-order valence-corrected chi connectivity index (χ4v) is 3.60. The van der Waals surface area contributed by atoms with Gasteiger partial charge in [0.2, 0.25) is 0 Å². The first-order valence-electron chi connectivity index (χ1n) is 7.30. The van der Waals surface area contributed by atoms with Gasteiger partial charge in [-0.05, 0) is 62.7 Å². The molecule has 2 aliphatic rings. The quantitative estimate of drug-likeness (QED) is 0.864. The van der Waals surface area contributed by atoms with E-state index in [1.807, 2.05) is 0 Å². The van der Waals surface area contributed by atoms with Gasteiger partial charge in [0.05, 0.1) is 0 Å². The second-order valence-electron chi connectivity index (χ2n) is 6.06. The van der Waals surface area contributed by atoms with Crippen molar-refractivity contribution in [3.8, 4) is 0 Å². The molecule has 3 rings (SSSR count). The molecule has 2 heteroatoms. The molecule has 0 saturated carbocycles. The minimum absolute atomic E-state index is 0.368. The summed E-state index contributed by atoms with van der Waals surface area (Å²) in [5.74, 6) is 0.741. The molecule has 1 fully saturated rings. The average Bonchev–Trinajstić information content (AvgIpc) is 2.82. The Morgan fingerprint density at radius 3 is 2.17 bits per heavy atom. The van der Waals surface area contributed by atoms with Crippen molar-refractivity contribution in [2.75, 3.05) is 13.1 Å². The van der Waals surface area contributed by atoms with Crippen LogP contribution in [0.25, 0.3) is 0 Å². The lowest BCUT2D eigenvalue weighted by Crippen LogP contribution is -2.44. The molecular formula is C16H24N2. The lowest BCUT2D eigenvalue weighted by atomic mass is 9.90. The highest BCUT2D eigenvalue weighted by Crippen LogP contribution is 2.29. The van der Waals surface area contributed by atoms with Crippen LogP contribution in [0.3, 0.4) is 0 Å². The van der Waals surface area contributed by atoms with Crippen molar-refractivity contribution in [3.63, 3.8) is 0 Å². The Labute approximate surface area is 110 Å². The number of benzene rings is 1. The van der Waals surface area contributed by atoms with E-state index in [4.69, 9.17) is 5.73 Å². The van der Waals surface area contributed by atoms with Gasteiger partial charge in [-0.3, -0.25) is 4.90 Å². The Morgan fingerprint density at radius 1 is 1.11 bits per heavy atom. The molecule has 1 heterocycles. The Kier molecular flexibility index (Phi) is 3.40. The van der Waals surface area contributed by atoms with Gasteiger partial charge < -0.3 is 5.73 Å². The van der Waals surface area contributed by atoms with Gasteiger partial charge in [0.25, 0.3) is 0 Å². The number of hydrogen-bond acceptors (Lipinski definition) is 2. The molecule has 0 unspecified atom stereocenters. The summed E-state index contributed by atoms with van der Waals surface area (Å²) in [6.07, 6.45) is 5.06. The molecule has 2 nitrogen and oxygen atoms in total. The zero-order valence-corrected chi connectivity index (χ0v) is 11.3. The summed E-state index contributed by atoms with van der Waals surface area (Å²) < 4.78 is 0. The molecule has 1 aromatic carbocycles. The van der Waals surface area contributed by atoms with E-state index in [1.54, 1.807) is 11.1 Å². The highest BCUT2D eigenvalue weighted by molar-refractivity contribution is 5.33. The first kappa shape index (κ1) is 12.2. The zero-order chi connectivity index (χ0) is 12.5. The summed E-state index contributed by atoms with van der Waals surface area (Å²) in [6, 6.07) is 10.0. The van der Waals surface area contributed by atoms with E-state index >= 15 is 0 Å². The Hall–Kier alpha value is -0.860. The maximum Gasteiger partial charge on any atom is 0.0176 e. The number of hydrogen-bond donors (Lipinski definition) is 1. The minimum Gasteiger partial charge on any atom is -0.328 e. The van der Waals surface area contributed by atoms with E-state index in [2.05, 4.69) is 36.1 Å². The van der Waals surface area contributed by atoms with Crippen LogP contribution in [0, 0.1) is 5.92 Å². The largest absolute Gasteiger partial charge is 0.328 e. The molecule has 1 atom stereocenters. The molecule has 0 radical (unpaired) electrons. The van der Waals surface area contributed by atoms with Crippen LogP contribution in [0.2, 0.25) is 0 Å². The molecule has 1 aliphatic carbocycles. The van der Waals surface area contributed by atoms with Crippen molar-refractivity contribution in [1.29, 1.82) is 0 Å². The second kappa shape index (κ2) is 5.02. The zero-order valence-electron chi connectivity index (χ0n) is 11.3. The fraction of sp³-hybridized carbons (Fsp3) is 0.625. The summed E-state index contributed by atoms with van der Waals surface area (Å²) >= 11 is 0. The Balaban J connectivity index is 1.60. The topological polar surface area (TPSA) is 29.3 Å². The van der Waals surface area contributed by atoms with Gasteiger partial charge in [-0.15, -0.1) is 0 Å². The summed E-state index contributed by atoms with van der Waals surface area (Å²) in [5.41, 5.74) is 9.15. The maximum atomic E-state index is 6.02. The lowest BCUT2D eigenvalue weighted by molar-refractivity contribution is 0.128. The smallest absolute Gasteiger partial charge is 0.0176 e. The molecule has 1 aliphatic heterocycles. The van der Waals surface area contributed by atoms with Crippen molar-refractivity contribution < 1.29 is 0 Å². The van der Waals surface area contributed by atoms with Crippen LogP contribution in [-0.2, 0) is 12.8 Å². The van der Waals surface area contributed by atoms with Crippen LogP contribution in [0.4, 0.5) is 0 Å². The average molecular weight is 244 g/mol. The molecule has 0 bridgehead atoms. The summed E-state index contributed by atoms with van der Waals surface area (Å²) in [7, 11) is 0. The SMILES string of the molecule is C[C@@H](N)C1CCN(C2Cc3ccccc3C2)CC1. The van der Waals surface area contributed by atoms with Crippen molar-refractivity contribution >= 4 is 0 Å². The van der Waals surface area contributed by atoms with E-state index < -0.39 is 0 Å². The minimum atomic E-state index is 0.368. The Bertz CT molecular complexity index is 380. The standard InChI is InChI=1S/C16H24N2/c1-12(17)13-6-8-18(9-7-13)16-10-14-4-2-3-5-15(14)11-16/h2-5,12-13,16H,6-11,17H2,1H3/t12-/m1/s1. The van der Waals surface area contributed by atoms with Gasteiger partial charge in [-0.1, -0.05) is 24.3 Å². The highest BCUT2D eigenvalue weighted by atomic mass is 15.2. The van der Waals surface area contributed by atoms with Crippen molar-refractivity contribution in [2.24, 2.45) is 11.7 Å². The number of fused-ring (bicyclic) bond motifs is 1. The predicted octanol–water partition coefficient (Wildman–Crippen LogP) is 2.21. The van der Waals surface area contributed by atoms with E-state index in [0.29, 0.717) is 6.04 Å². The van der Waals surface area contributed by atoms with Gasteiger partial charge in [-0.2, -0.15) is 0 Å². The van der Waals surface area contributed by atoms with Crippen molar-refractivity contribution in [3.05, 3.63) is 35.4 Å². The van der Waals surface area contributed by atoms with Crippen LogP contribution >= 0.6 is 0 Å². The first-order chi connectivity index (χ1) is 8.74. The van der Waals surface area contributed by atoms with Crippen LogP contribution in [0.1, 0.15) is 30.9 Å².